The molecule has 0 fully saturated rings. The number of nitrogens with two attached hydrogens (primary N) is 1. The monoisotopic (exact) mass is 296 g/mol. The Kier molecular flexibility index (Phi) is 5.44. The highest BCUT2D eigenvalue weighted by Crippen LogP contribution is 2.20. The van der Waals surface area contributed by atoms with E-state index in [1.54, 1.807) is 0 Å². The Labute approximate surface area is 116 Å². The molecule has 0 unspecified atom stereocenters. The number of hydrogen-bond acceptors (Lipinski definition) is 5. The molecule has 8 heteroatoms. The molecule has 1 rings (SSSR count). The molecule has 0 aromatic heterocycles. The lowest BCUT2D eigenvalue weighted by molar-refractivity contribution is 0.424. The minimum atomic E-state index is -3.95. The molecule has 0 aliphatic carbocycles. The van der Waals surface area contributed by atoms with Crippen LogP contribution in [0.4, 0.5) is 10.1 Å². The van der Waals surface area contributed by atoms with Crippen LogP contribution in [0, 0.1) is 28.5 Å². The standard InChI is InChI=1S/C12H13FN4O2S/c13-11-9-10(3-4-12(11)16)20(18,19)17(7-1-5-14)8-2-6-15/h3-4,9H,1-2,7-8,16H2. The van der Waals surface area contributed by atoms with Crippen LogP contribution in [-0.4, -0.2) is 25.8 Å². The second-order valence-corrected chi connectivity index (χ2v) is 5.84. The molecule has 6 nitrogen and oxygen atoms in total. The van der Waals surface area contributed by atoms with Crippen LogP contribution in [0.2, 0.25) is 0 Å². The molecule has 0 amide bonds. The molecule has 0 heterocycles. The summed E-state index contributed by atoms with van der Waals surface area (Å²) in [7, 11) is -3.95. The molecule has 0 saturated heterocycles. The van der Waals surface area contributed by atoms with Gasteiger partial charge in [0, 0.05) is 25.9 Å². The summed E-state index contributed by atoms with van der Waals surface area (Å²) in [5.41, 5.74) is 5.15. The maximum Gasteiger partial charge on any atom is 0.243 e. The van der Waals surface area contributed by atoms with E-state index in [2.05, 4.69) is 0 Å². The van der Waals surface area contributed by atoms with Gasteiger partial charge in [-0.05, 0) is 18.2 Å². The lowest BCUT2D eigenvalue weighted by Crippen LogP contribution is -2.33. The Morgan fingerprint density at radius 3 is 2.20 bits per heavy atom. The van der Waals surface area contributed by atoms with Crippen LogP contribution in [0.1, 0.15) is 12.8 Å². The lowest BCUT2D eigenvalue weighted by Gasteiger charge is -2.20. The minimum absolute atomic E-state index is 0.0118. The Morgan fingerprint density at radius 2 is 1.75 bits per heavy atom. The molecule has 2 N–H and O–H groups in total. The zero-order valence-corrected chi connectivity index (χ0v) is 11.4. The average Bonchev–Trinajstić information content (AvgIpc) is 2.41. The summed E-state index contributed by atoms with van der Waals surface area (Å²) < 4.78 is 39.0. The molecule has 0 atom stereocenters. The van der Waals surface area contributed by atoms with Gasteiger partial charge in [-0.3, -0.25) is 0 Å². The lowest BCUT2D eigenvalue weighted by atomic mass is 10.3. The van der Waals surface area contributed by atoms with Crippen LogP contribution in [0.25, 0.3) is 0 Å². The van der Waals surface area contributed by atoms with Crippen molar-refractivity contribution in [3.63, 3.8) is 0 Å². The topological polar surface area (TPSA) is 111 Å². The predicted octanol–water partition coefficient (Wildman–Crippen LogP) is 1.23. The van der Waals surface area contributed by atoms with E-state index in [0.29, 0.717) is 0 Å². The van der Waals surface area contributed by atoms with E-state index in [0.717, 1.165) is 16.4 Å². The van der Waals surface area contributed by atoms with Crippen molar-refractivity contribution in [3.05, 3.63) is 24.0 Å². The summed E-state index contributed by atoms with van der Waals surface area (Å²) in [4.78, 5) is -0.250. The molecular weight excluding hydrogens is 283 g/mol. The highest BCUT2D eigenvalue weighted by atomic mass is 32.2. The van der Waals surface area contributed by atoms with Crippen molar-refractivity contribution in [2.75, 3.05) is 18.8 Å². The molecule has 0 aliphatic rings. The van der Waals surface area contributed by atoms with E-state index < -0.39 is 15.8 Å². The number of anilines is 1. The van der Waals surface area contributed by atoms with Crippen molar-refractivity contribution in [1.29, 1.82) is 10.5 Å². The zero-order valence-electron chi connectivity index (χ0n) is 10.6. The number of nitrogen functional groups attached to an aromatic ring is 1. The fraction of sp³-hybridized carbons (Fsp3) is 0.333. The molecular formula is C12H13FN4O2S. The van der Waals surface area contributed by atoms with Gasteiger partial charge in [-0.2, -0.15) is 14.8 Å². The van der Waals surface area contributed by atoms with Crippen molar-refractivity contribution in [1.82, 2.24) is 4.31 Å². The SMILES string of the molecule is N#CCCN(CCC#N)S(=O)(=O)c1ccc(N)c(F)c1. The fourth-order valence-electron chi connectivity index (χ4n) is 1.52. The Bertz CT molecular complexity index is 643. The fourth-order valence-corrected chi connectivity index (χ4v) is 2.97. The Balaban J connectivity index is 3.11. The van der Waals surface area contributed by atoms with Gasteiger partial charge >= 0.3 is 0 Å². The first-order valence-corrected chi connectivity index (χ1v) is 7.16. The number of sulfonamides is 1. The first-order chi connectivity index (χ1) is 9.43. The van der Waals surface area contributed by atoms with E-state index in [-0.39, 0.29) is 36.5 Å². The van der Waals surface area contributed by atoms with Crippen molar-refractivity contribution in [2.45, 2.75) is 17.7 Å². The number of benzene rings is 1. The van der Waals surface area contributed by atoms with Gasteiger partial charge in [0.05, 0.1) is 22.7 Å². The van der Waals surface area contributed by atoms with Crippen molar-refractivity contribution >= 4 is 15.7 Å². The molecule has 1 aromatic carbocycles. The van der Waals surface area contributed by atoms with E-state index in [4.69, 9.17) is 16.3 Å². The quantitative estimate of drug-likeness (QED) is 0.793. The van der Waals surface area contributed by atoms with E-state index >= 15 is 0 Å². The van der Waals surface area contributed by atoms with Gasteiger partial charge in [0.15, 0.2) is 0 Å². The molecule has 0 aliphatic heterocycles. The highest BCUT2D eigenvalue weighted by molar-refractivity contribution is 7.89. The third-order valence-electron chi connectivity index (χ3n) is 2.56. The van der Waals surface area contributed by atoms with Crippen LogP contribution in [0.5, 0.6) is 0 Å². The number of hydrogen-bond donors (Lipinski definition) is 1. The second kappa shape index (κ2) is 6.85. The number of nitriles is 2. The summed E-state index contributed by atoms with van der Waals surface area (Å²) in [6, 6.07) is 6.86. The maximum absolute atomic E-state index is 13.4. The van der Waals surface area contributed by atoms with E-state index in [1.165, 1.54) is 6.07 Å². The number of halogens is 1. The largest absolute Gasteiger partial charge is 0.396 e. The summed E-state index contributed by atoms with van der Waals surface area (Å²) in [5.74, 6) is -0.827. The first kappa shape index (κ1) is 15.9. The van der Waals surface area contributed by atoms with Crippen molar-refractivity contribution in [2.24, 2.45) is 0 Å². The smallest absolute Gasteiger partial charge is 0.243 e. The van der Waals surface area contributed by atoms with Gasteiger partial charge in [0.2, 0.25) is 10.0 Å². The molecule has 1 aromatic rings. The van der Waals surface area contributed by atoms with Gasteiger partial charge in [0.1, 0.15) is 5.82 Å². The summed E-state index contributed by atoms with van der Waals surface area (Å²) >= 11 is 0. The molecule has 20 heavy (non-hydrogen) atoms. The molecule has 0 radical (unpaired) electrons. The second-order valence-electron chi connectivity index (χ2n) is 3.90. The Hall–Kier alpha value is -2.16. The van der Waals surface area contributed by atoms with Crippen LogP contribution in [-0.2, 0) is 10.0 Å². The summed E-state index contributed by atoms with van der Waals surface area (Å²) in [5, 5.41) is 17.1. The molecule has 0 spiro atoms. The Morgan fingerprint density at radius 1 is 1.20 bits per heavy atom. The van der Waals surface area contributed by atoms with E-state index in [9.17, 15) is 12.8 Å². The third kappa shape index (κ3) is 3.67. The molecule has 0 bridgehead atoms. The van der Waals surface area contributed by atoms with Crippen molar-refractivity contribution < 1.29 is 12.8 Å². The third-order valence-corrected chi connectivity index (χ3v) is 4.45. The van der Waals surface area contributed by atoms with Crippen LogP contribution in [0.15, 0.2) is 23.1 Å². The van der Waals surface area contributed by atoms with Crippen LogP contribution in [0.3, 0.4) is 0 Å². The van der Waals surface area contributed by atoms with Crippen LogP contribution >= 0.6 is 0 Å². The highest BCUT2D eigenvalue weighted by Gasteiger charge is 2.24. The predicted molar refractivity (Wildman–Crippen MR) is 70.0 cm³/mol. The van der Waals surface area contributed by atoms with Gasteiger partial charge in [-0.1, -0.05) is 0 Å². The normalized spacial score (nSPS) is 11.0. The van der Waals surface area contributed by atoms with Gasteiger partial charge in [0.25, 0.3) is 0 Å². The summed E-state index contributed by atoms with van der Waals surface area (Å²) in [6.07, 6.45) is -0.0236. The maximum atomic E-state index is 13.4. The van der Waals surface area contributed by atoms with Gasteiger partial charge < -0.3 is 5.73 Å². The molecule has 0 saturated carbocycles. The van der Waals surface area contributed by atoms with Gasteiger partial charge in [-0.25, -0.2) is 12.8 Å². The molecule has 106 valence electrons. The van der Waals surface area contributed by atoms with Crippen LogP contribution < -0.4 is 5.73 Å². The number of nitrogens with zero attached hydrogens (tertiary/aromatic N) is 3. The van der Waals surface area contributed by atoms with Crippen molar-refractivity contribution in [3.8, 4) is 12.1 Å². The first-order valence-electron chi connectivity index (χ1n) is 5.72. The average molecular weight is 296 g/mol. The summed E-state index contributed by atoms with van der Waals surface area (Å²) in [6.45, 7) is -0.0982. The minimum Gasteiger partial charge on any atom is -0.396 e. The van der Waals surface area contributed by atoms with Gasteiger partial charge in [-0.15, -0.1) is 0 Å². The number of rotatable bonds is 6. The zero-order chi connectivity index (χ0) is 15.2. The van der Waals surface area contributed by atoms with E-state index in [1.807, 2.05) is 12.1 Å².